The van der Waals surface area contributed by atoms with Crippen molar-refractivity contribution in [2.45, 2.75) is 27.2 Å². The Morgan fingerprint density at radius 1 is 1.17 bits per heavy atom. The Bertz CT molecular complexity index is 731. The van der Waals surface area contributed by atoms with Crippen molar-refractivity contribution in [2.75, 3.05) is 13.6 Å². The maximum atomic E-state index is 9.03. The smallest absolute Gasteiger partial charge is 0.0991 e. The van der Waals surface area contributed by atoms with Crippen molar-refractivity contribution in [3.63, 3.8) is 0 Å². The molecule has 2 rings (SSSR count). The third-order valence-electron chi connectivity index (χ3n) is 4.02. The molecule has 0 atom stereocenters. The lowest BCUT2D eigenvalue weighted by Crippen LogP contribution is -2.14. The fourth-order valence-electron chi connectivity index (χ4n) is 2.53. The summed E-state index contributed by atoms with van der Waals surface area (Å²) in [4.78, 5) is 6.58. The Labute approximate surface area is 138 Å². The predicted octanol–water partition coefficient (Wildman–Crippen LogP) is 4.38. The van der Waals surface area contributed by atoms with Gasteiger partial charge in [0, 0.05) is 13.6 Å². The summed E-state index contributed by atoms with van der Waals surface area (Å²) in [6.07, 6.45) is 2.70. The van der Waals surface area contributed by atoms with Crippen molar-refractivity contribution < 1.29 is 0 Å². The maximum Gasteiger partial charge on any atom is 0.0991 e. The molecule has 0 N–H and O–H groups in total. The molecule has 0 saturated carbocycles. The zero-order valence-corrected chi connectivity index (χ0v) is 14.3. The topological polar surface area (TPSA) is 39.4 Å². The van der Waals surface area contributed by atoms with Gasteiger partial charge in [0.15, 0.2) is 0 Å². The van der Waals surface area contributed by atoms with Crippen LogP contribution in [0.3, 0.4) is 0 Å². The van der Waals surface area contributed by atoms with Crippen LogP contribution in [0.25, 0.3) is 0 Å². The third kappa shape index (κ3) is 4.43. The van der Waals surface area contributed by atoms with E-state index in [9.17, 15) is 0 Å². The zero-order chi connectivity index (χ0) is 16.8. The second-order valence-electron chi connectivity index (χ2n) is 5.86. The quantitative estimate of drug-likeness (QED) is 0.607. The number of nitrogens with zero attached hydrogens (tertiary/aromatic N) is 3. The molecule has 3 heteroatoms. The molecule has 0 aliphatic carbocycles. The van der Waals surface area contributed by atoms with Gasteiger partial charge in [-0.05, 0) is 73.7 Å². The van der Waals surface area contributed by atoms with E-state index in [-0.39, 0.29) is 0 Å². The number of hydrogen-bond acceptors (Lipinski definition) is 2. The number of rotatable bonds is 5. The van der Waals surface area contributed by atoms with E-state index in [4.69, 9.17) is 5.26 Å². The minimum absolute atomic E-state index is 0.710. The van der Waals surface area contributed by atoms with Gasteiger partial charge in [-0.2, -0.15) is 5.26 Å². The van der Waals surface area contributed by atoms with Crippen LogP contribution >= 0.6 is 0 Å². The van der Waals surface area contributed by atoms with Crippen LogP contribution in [-0.4, -0.2) is 24.8 Å². The summed E-state index contributed by atoms with van der Waals surface area (Å²) < 4.78 is 0. The monoisotopic (exact) mass is 305 g/mol. The fraction of sp³-hybridized carbons (Fsp3) is 0.300. The van der Waals surface area contributed by atoms with Gasteiger partial charge in [-0.25, -0.2) is 4.99 Å². The molecule has 0 amide bonds. The largest absolute Gasteiger partial charge is 0.366 e. The van der Waals surface area contributed by atoms with E-state index in [1.165, 1.54) is 16.7 Å². The lowest BCUT2D eigenvalue weighted by Gasteiger charge is -2.12. The summed E-state index contributed by atoms with van der Waals surface area (Å²) in [7, 11) is 2.01. The van der Waals surface area contributed by atoms with Gasteiger partial charge in [0.1, 0.15) is 0 Å². The van der Waals surface area contributed by atoms with Gasteiger partial charge < -0.3 is 4.90 Å². The second-order valence-corrected chi connectivity index (χ2v) is 5.86. The maximum absolute atomic E-state index is 9.03. The number of hydrogen-bond donors (Lipinski definition) is 0. The second kappa shape index (κ2) is 7.60. The van der Waals surface area contributed by atoms with Crippen LogP contribution in [0.4, 0.5) is 5.69 Å². The van der Waals surface area contributed by atoms with Gasteiger partial charge in [-0.1, -0.05) is 12.1 Å². The van der Waals surface area contributed by atoms with E-state index < -0.39 is 0 Å². The highest BCUT2D eigenvalue weighted by Crippen LogP contribution is 2.24. The van der Waals surface area contributed by atoms with Crippen molar-refractivity contribution in [1.82, 2.24) is 4.90 Å². The highest BCUT2D eigenvalue weighted by Gasteiger charge is 2.07. The van der Waals surface area contributed by atoms with Gasteiger partial charge in [-0.3, -0.25) is 0 Å². The molecule has 118 valence electrons. The van der Waals surface area contributed by atoms with E-state index in [0.29, 0.717) is 5.56 Å². The Hall–Kier alpha value is -2.60. The molecule has 0 aliphatic heterocycles. The number of aryl methyl sites for hydroxylation is 2. The summed E-state index contributed by atoms with van der Waals surface area (Å²) in [5.74, 6) is 0. The number of aliphatic imine (C=N–C) groups is 1. The zero-order valence-electron chi connectivity index (χ0n) is 14.3. The van der Waals surface area contributed by atoms with Gasteiger partial charge in [0.2, 0.25) is 0 Å². The summed E-state index contributed by atoms with van der Waals surface area (Å²) in [5.41, 5.74) is 6.63. The van der Waals surface area contributed by atoms with Crippen molar-refractivity contribution in [1.29, 1.82) is 5.26 Å². The first kappa shape index (κ1) is 16.8. The fourth-order valence-corrected chi connectivity index (χ4v) is 2.53. The Morgan fingerprint density at radius 3 is 2.48 bits per heavy atom. The van der Waals surface area contributed by atoms with Crippen LogP contribution in [-0.2, 0) is 6.42 Å². The average molecular weight is 305 g/mol. The highest BCUT2D eigenvalue weighted by atomic mass is 15.1. The first-order valence-electron chi connectivity index (χ1n) is 7.87. The minimum atomic E-state index is 0.710. The van der Waals surface area contributed by atoms with Crippen LogP contribution in [0.15, 0.2) is 41.4 Å². The first-order chi connectivity index (χ1) is 11.0. The highest BCUT2D eigenvalue weighted by molar-refractivity contribution is 5.62. The Morgan fingerprint density at radius 2 is 1.87 bits per heavy atom. The predicted molar refractivity (Wildman–Crippen MR) is 96.3 cm³/mol. The molecule has 23 heavy (non-hydrogen) atoms. The van der Waals surface area contributed by atoms with Crippen molar-refractivity contribution in [3.8, 4) is 6.07 Å². The molecule has 2 aromatic rings. The molecule has 0 spiro atoms. The molecule has 0 heterocycles. The standard InChI is InChI=1S/C20H23N3/c1-5-23(4)14-22-19-9-15(2)20(16(3)10-19)12-17-7-6-8-18(11-17)13-21/h6-11,14H,5,12H2,1-4H3. The van der Waals surface area contributed by atoms with Gasteiger partial charge in [0.05, 0.1) is 23.7 Å². The Balaban J connectivity index is 2.27. The summed E-state index contributed by atoms with van der Waals surface area (Å²) in [5, 5.41) is 9.03. The third-order valence-corrected chi connectivity index (χ3v) is 4.02. The van der Waals surface area contributed by atoms with Crippen LogP contribution in [0.5, 0.6) is 0 Å². The molecule has 0 bridgehead atoms. The van der Waals surface area contributed by atoms with Crippen molar-refractivity contribution >= 4 is 12.0 Å². The first-order valence-corrected chi connectivity index (χ1v) is 7.87. The van der Waals surface area contributed by atoms with Gasteiger partial charge in [0.25, 0.3) is 0 Å². The molecule has 0 radical (unpaired) electrons. The van der Waals surface area contributed by atoms with Gasteiger partial charge in [-0.15, -0.1) is 0 Å². The normalized spacial score (nSPS) is 10.7. The SMILES string of the molecule is CCN(C)C=Nc1cc(C)c(Cc2cccc(C#N)c2)c(C)c1. The molecule has 0 saturated heterocycles. The lowest BCUT2D eigenvalue weighted by atomic mass is 9.95. The van der Waals surface area contributed by atoms with Crippen LogP contribution < -0.4 is 0 Å². The lowest BCUT2D eigenvalue weighted by molar-refractivity contribution is 0.552. The molecular formula is C20H23N3. The summed E-state index contributed by atoms with van der Waals surface area (Å²) >= 11 is 0. The number of benzene rings is 2. The Kier molecular flexibility index (Phi) is 5.54. The van der Waals surface area contributed by atoms with Crippen LogP contribution in [0.1, 0.15) is 34.7 Å². The van der Waals surface area contributed by atoms with Crippen molar-refractivity contribution in [3.05, 3.63) is 64.2 Å². The molecule has 0 unspecified atom stereocenters. The van der Waals surface area contributed by atoms with Crippen LogP contribution in [0, 0.1) is 25.2 Å². The molecule has 0 aromatic heterocycles. The molecule has 0 fully saturated rings. The van der Waals surface area contributed by atoms with E-state index in [1.54, 1.807) is 0 Å². The van der Waals surface area contributed by atoms with Gasteiger partial charge >= 0.3 is 0 Å². The van der Waals surface area contributed by atoms with Crippen molar-refractivity contribution in [2.24, 2.45) is 4.99 Å². The molecule has 3 nitrogen and oxygen atoms in total. The summed E-state index contributed by atoms with van der Waals surface area (Å²) in [6, 6.07) is 14.3. The molecule has 2 aromatic carbocycles. The summed E-state index contributed by atoms with van der Waals surface area (Å²) in [6.45, 7) is 7.29. The van der Waals surface area contributed by atoms with Crippen LogP contribution in [0.2, 0.25) is 0 Å². The minimum Gasteiger partial charge on any atom is -0.366 e. The van der Waals surface area contributed by atoms with E-state index in [1.807, 2.05) is 36.5 Å². The number of nitriles is 1. The van der Waals surface area contributed by atoms with E-state index in [2.05, 4.69) is 50.0 Å². The molecule has 0 aliphatic rings. The molecular weight excluding hydrogens is 282 g/mol. The van der Waals surface area contributed by atoms with E-state index >= 15 is 0 Å². The van der Waals surface area contributed by atoms with E-state index in [0.717, 1.165) is 24.2 Å². The average Bonchev–Trinajstić information content (AvgIpc) is 2.56.